The van der Waals surface area contributed by atoms with Crippen molar-refractivity contribution in [3.63, 3.8) is 0 Å². The maximum Gasteiger partial charge on any atom is 0.354 e. The molecule has 1 amide bonds. The Morgan fingerprint density at radius 1 is 1.10 bits per heavy atom. The molecule has 0 aliphatic rings. The van der Waals surface area contributed by atoms with Crippen LogP contribution < -0.4 is 5.32 Å². The molecule has 0 saturated carbocycles. The molecule has 2 aromatic heterocycles. The molecule has 0 aliphatic heterocycles. The van der Waals surface area contributed by atoms with Crippen molar-refractivity contribution in [1.29, 1.82) is 0 Å². The first-order valence-electron chi connectivity index (χ1n) is 5.64. The third-order valence-electron chi connectivity index (χ3n) is 2.46. The lowest BCUT2D eigenvalue weighted by molar-refractivity contribution is 0.0690. The van der Waals surface area contributed by atoms with E-state index in [1.165, 1.54) is 18.5 Å². The zero-order chi connectivity index (χ0) is 14.5. The number of hydrogen-bond donors (Lipinski definition) is 2. The second-order valence-corrected chi connectivity index (χ2v) is 4.82. The van der Waals surface area contributed by atoms with Crippen LogP contribution in [0, 0.1) is 0 Å². The SMILES string of the molecule is O=C(O)c1ccc(CNC(=O)c2ccc(Br)cn2)cn1. The van der Waals surface area contributed by atoms with E-state index >= 15 is 0 Å². The lowest BCUT2D eigenvalue weighted by atomic mass is 10.2. The second kappa shape index (κ2) is 6.25. The third-order valence-corrected chi connectivity index (χ3v) is 2.93. The summed E-state index contributed by atoms with van der Waals surface area (Å²) in [5.74, 6) is -1.39. The van der Waals surface area contributed by atoms with Crippen molar-refractivity contribution in [2.45, 2.75) is 6.54 Å². The number of amides is 1. The summed E-state index contributed by atoms with van der Waals surface area (Å²) in [7, 11) is 0. The van der Waals surface area contributed by atoms with Gasteiger partial charge in [0.2, 0.25) is 0 Å². The van der Waals surface area contributed by atoms with E-state index in [-0.39, 0.29) is 18.1 Å². The number of carboxylic acids is 1. The van der Waals surface area contributed by atoms with Gasteiger partial charge in [0.15, 0.2) is 0 Å². The molecule has 2 N–H and O–H groups in total. The Labute approximate surface area is 123 Å². The van der Waals surface area contributed by atoms with Crippen LogP contribution in [-0.2, 0) is 6.54 Å². The van der Waals surface area contributed by atoms with Crippen LogP contribution in [0.1, 0.15) is 26.5 Å². The Balaban J connectivity index is 1.96. The zero-order valence-electron chi connectivity index (χ0n) is 10.2. The van der Waals surface area contributed by atoms with Crippen molar-refractivity contribution >= 4 is 27.8 Å². The molecule has 0 unspecified atom stereocenters. The molecule has 0 bridgehead atoms. The Kier molecular flexibility index (Phi) is 4.41. The van der Waals surface area contributed by atoms with Gasteiger partial charge in [-0.05, 0) is 39.7 Å². The summed E-state index contributed by atoms with van der Waals surface area (Å²) in [6.45, 7) is 0.253. The molecule has 6 nitrogen and oxygen atoms in total. The average molecular weight is 336 g/mol. The minimum Gasteiger partial charge on any atom is -0.477 e. The van der Waals surface area contributed by atoms with Gasteiger partial charge in [-0.25, -0.2) is 14.8 Å². The third kappa shape index (κ3) is 3.61. The summed E-state index contributed by atoms with van der Waals surface area (Å²) in [6.07, 6.45) is 2.96. The molecule has 0 aromatic carbocycles. The number of nitrogens with zero attached hydrogens (tertiary/aromatic N) is 2. The fourth-order valence-electron chi connectivity index (χ4n) is 1.44. The fraction of sp³-hybridized carbons (Fsp3) is 0.0769. The minimum atomic E-state index is -1.08. The zero-order valence-corrected chi connectivity index (χ0v) is 11.8. The molecule has 0 aliphatic carbocycles. The molecule has 0 atom stereocenters. The van der Waals surface area contributed by atoms with Crippen LogP contribution >= 0.6 is 15.9 Å². The van der Waals surface area contributed by atoms with E-state index < -0.39 is 5.97 Å². The van der Waals surface area contributed by atoms with Gasteiger partial charge < -0.3 is 10.4 Å². The Morgan fingerprint density at radius 2 is 1.80 bits per heavy atom. The number of aromatic nitrogens is 2. The van der Waals surface area contributed by atoms with E-state index in [0.29, 0.717) is 11.3 Å². The number of nitrogens with one attached hydrogen (secondary N) is 1. The van der Waals surface area contributed by atoms with Crippen LogP contribution in [0.5, 0.6) is 0 Å². The fourth-order valence-corrected chi connectivity index (χ4v) is 1.67. The Morgan fingerprint density at radius 3 is 2.35 bits per heavy atom. The Bertz CT molecular complexity index is 626. The molecule has 0 radical (unpaired) electrons. The number of rotatable bonds is 4. The summed E-state index contributed by atoms with van der Waals surface area (Å²) >= 11 is 3.24. The second-order valence-electron chi connectivity index (χ2n) is 3.90. The largest absolute Gasteiger partial charge is 0.477 e. The highest BCUT2D eigenvalue weighted by Crippen LogP contribution is 2.07. The lowest BCUT2D eigenvalue weighted by Crippen LogP contribution is -2.23. The van der Waals surface area contributed by atoms with Gasteiger partial charge in [-0.3, -0.25) is 4.79 Å². The van der Waals surface area contributed by atoms with Crippen LogP contribution in [0.15, 0.2) is 41.1 Å². The summed E-state index contributed by atoms with van der Waals surface area (Å²) < 4.78 is 0.794. The monoisotopic (exact) mass is 335 g/mol. The summed E-state index contributed by atoms with van der Waals surface area (Å²) in [5, 5.41) is 11.4. The topological polar surface area (TPSA) is 92.2 Å². The Hall–Kier alpha value is -2.28. The first-order valence-corrected chi connectivity index (χ1v) is 6.43. The molecule has 0 spiro atoms. The molecule has 2 aromatic rings. The first-order chi connectivity index (χ1) is 9.56. The average Bonchev–Trinajstić information content (AvgIpc) is 2.46. The van der Waals surface area contributed by atoms with E-state index in [0.717, 1.165) is 4.47 Å². The van der Waals surface area contributed by atoms with Crippen LogP contribution in [0.3, 0.4) is 0 Å². The number of aromatic carboxylic acids is 1. The number of pyridine rings is 2. The van der Waals surface area contributed by atoms with Crippen LogP contribution in [0.4, 0.5) is 0 Å². The predicted molar refractivity (Wildman–Crippen MR) is 74.3 cm³/mol. The van der Waals surface area contributed by atoms with E-state index in [4.69, 9.17) is 5.11 Å². The lowest BCUT2D eigenvalue weighted by Gasteiger charge is -2.05. The standard InChI is InChI=1S/C13H10BrN3O3/c14-9-2-4-10(16-7-9)12(18)17-6-8-1-3-11(13(19)20)15-5-8/h1-5,7H,6H2,(H,17,18)(H,19,20). The molecule has 2 heterocycles. The highest BCUT2D eigenvalue weighted by atomic mass is 79.9. The van der Waals surface area contributed by atoms with E-state index in [1.54, 1.807) is 18.2 Å². The van der Waals surface area contributed by atoms with Crippen molar-refractivity contribution in [2.24, 2.45) is 0 Å². The smallest absolute Gasteiger partial charge is 0.354 e. The molecule has 102 valence electrons. The van der Waals surface area contributed by atoms with Crippen LogP contribution in [-0.4, -0.2) is 27.0 Å². The van der Waals surface area contributed by atoms with Gasteiger partial charge in [0.1, 0.15) is 11.4 Å². The van der Waals surface area contributed by atoms with Gasteiger partial charge >= 0.3 is 5.97 Å². The number of carboxylic acid groups (broad SMARTS) is 1. The maximum absolute atomic E-state index is 11.8. The summed E-state index contributed by atoms with van der Waals surface area (Å²) in [6, 6.07) is 6.32. The van der Waals surface area contributed by atoms with Crippen molar-refractivity contribution in [1.82, 2.24) is 15.3 Å². The molecule has 0 saturated heterocycles. The number of carbonyl (C=O) groups excluding carboxylic acids is 1. The molecular formula is C13H10BrN3O3. The predicted octanol–water partition coefficient (Wildman–Crippen LogP) is 1.87. The minimum absolute atomic E-state index is 0.0327. The highest BCUT2D eigenvalue weighted by Gasteiger charge is 2.07. The van der Waals surface area contributed by atoms with Crippen molar-refractivity contribution in [2.75, 3.05) is 0 Å². The first kappa shape index (κ1) is 14.1. The molecule has 0 fully saturated rings. The van der Waals surface area contributed by atoms with E-state index in [2.05, 4.69) is 31.2 Å². The molecule has 7 heteroatoms. The van der Waals surface area contributed by atoms with E-state index in [1.807, 2.05) is 0 Å². The van der Waals surface area contributed by atoms with Gasteiger partial charge in [-0.2, -0.15) is 0 Å². The summed E-state index contributed by atoms with van der Waals surface area (Å²) in [4.78, 5) is 30.2. The van der Waals surface area contributed by atoms with E-state index in [9.17, 15) is 9.59 Å². The van der Waals surface area contributed by atoms with Gasteiger partial charge in [0, 0.05) is 23.4 Å². The molecule has 2 rings (SSSR count). The van der Waals surface area contributed by atoms with Crippen molar-refractivity contribution < 1.29 is 14.7 Å². The highest BCUT2D eigenvalue weighted by molar-refractivity contribution is 9.10. The van der Waals surface area contributed by atoms with Crippen molar-refractivity contribution in [3.8, 4) is 0 Å². The van der Waals surface area contributed by atoms with Gasteiger partial charge in [0.05, 0.1) is 0 Å². The maximum atomic E-state index is 11.8. The van der Waals surface area contributed by atoms with Gasteiger partial charge in [0.25, 0.3) is 5.91 Å². The van der Waals surface area contributed by atoms with Crippen LogP contribution in [0.2, 0.25) is 0 Å². The molecular weight excluding hydrogens is 326 g/mol. The van der Waals surface area contributed by atoms with Gasteiger partial charge in [-0.15, -0.1) is 0 Å². The quantitative estimate of drug-likeness (QED) is 0.889. The van der Waals surface area contributed by atoms with Crippen LogP contribution in [0.25, 0.3) is 0 Å². The normalized spacial score (nSPS) is 10.1. The number of carbonyl (C=O) groups is 2. The van der Waals surface area contributed by atoms with Gasteiger partial charge in [-0.1, -0.05) is 6.07 Å². The number of halogens is 1. The van der Waals surface area contributed by atoms with Crippen molar-refractivity contribution in [3.05, 3.63) is 58.1 Å². The summed E-state index contributed by atoms with van der Waals surface area (Å²) in [5.41, 5.74) is 0.985. The number of hydrogen-bond acceptors (Lipinski definition) is 4. The molecule has 20 heavy (non-hydrogen) atoms.